The number of benzene rings is 1. The van der Waals surface area contributed by atoms with Gasteiger partial charge in [0.2, 0.25) is 0 Å². The molecule has 2 nitrogen and oxygen atoms in total. The van der Waals surface area contributed by atoms with Crippen molar-refractivity contribution in [3.05, 3.63) is 34.9 Å². The summed E-state index contributed by atoms with van der Waals surface area (Å²) in [5.74, 6) is 0.195. The van der Waals surface area contributed by atoms with Gasteiger partial charge in [0.05, 0.1) is 0 Å². The van der Waals surface area contributed by atoms with Crippen LogP contribution in [0.15, 0.2) is 18.2 Å². The van der Waals surface area contributed by atoms with E-state index in [1.807, 2.05) is 30.9 Å². The molecule has 0 aromatic heterocycles. The number of nitrogens with zero attached hydrogens (tertiary/aromatic N) is 1. The minimum Gasteiger partial charge on any atom is -0.335 e. The Morgan fingerprint density at radius 1 is 1.39 bits per heavy atom. The number of carbonyl (C=O) groups is 1. The zero-order chi connectivity index (χ0) is 13.1. The number of rotatable bonds is 4. The first-order valence-electron chi connectivity index (χ1n) is 6.57. The summed E-state index contributed by atoms with van der Waals surface area (Å²) in [5.41, 5.74) is 3.09. The lowest BCUT2D eigenvalue weighted by atomic mass is 9.90. The lowest BCUT2D eigenvalue weighted by Crippen LogP contribution is -2.45. The number of alkyl halides is 1. The Kier molecular flexibility index (Phi) is 4.44. The molecule has 0 heterocycles. The van der Waals surface area contributed by atoms with Crippen LogP contribution in [-0.2, 0) is 0 Å². The molecule has 1 aliphatic carbocycles. The molecule has 0 spiro atoms. The summed E-state index contributed by atoms with van der Waals surface area (Å²) in [6.07, 6.45) is 3.57. The van der Waals surface area contributed by atoms with Crippen molar-refractivity contribution < 1.29 is 4.79 Å². The van der Waals surface area contributed by atoms with E-state index in [0.717, 1.165) is 41.4 Å². The summed E-state index contributed by atoms with van der Waals surface area (Å²) in [6.45, 7) is 4.85. The van der Waals surface area contributed by atoms with Gasteiger partial charge in [0.15, 0.2) is 0 Å². The highest BCUT2D eigenvalue weighted by molar-refractivity contribution is 9.09. The van der Waals surface area contributed by atoms with Gasteiger partial charge in [-0.1, -0.05) is 33.6 Å². The average molecular weight is 310 g/mol. The molecule has 2 rings (SSSR count). The molecule has 18 heavy (non-hydrogen) atoms. The van der Waals surface area contributed by atoms with Crippen LogP contribution < -0.4 is 0 Å². The molecule has 1 aliphatic rings. The third-order valence-corrected chi connectivity index (χ3v) is 4.08. The lowest BCUT2D eigenvalue weighted by Gasteiger charge is -2.37. The van der Waals surface area contributed by atoms with Crippen LogP contribution in [0.3, 0.4) is 0 Å². The molecule has 0 N–H and O–H groups in total. The maximum absolute atomic E-state index is 12.6. The molecule has 0 saturated heterocycles. The predicted octanol–water partition coefficient (Wildman–Crippen LogP) is 3.69. The molecule has 0 unspecified atom stereocenters. The van der Waals surface area contributed by atoms with E-state index < -0.39 is 0 Å². The molecule has 0 aliphatic heterocycles. The number of halogens is 1. The minimum absolute atomic E-state index is 0.195. The van der Waals surface area contributed by atoms with Crippen LogP contribution in [0.2, 0.25) is 0 Å². The van der Waals surface area contributed by atoms with E-state index in [0.29, 0.717) is 6.04 Å². The molecule has 0 bridgehead atoms. The summed E-state index contributed by atoms with van der Waals surface area (Å²) in [6, 6.07) is 6.56. The number of hydrogen-bond acceptors (Lipinski definition) is 1. The van der Waals surface area contributed by atoms with Gasteiger partial charge in [-0.3, -0.25) is 4.79 Å². The second-order valence-electron chi connectivity index (χ2n) is 5.09. The molecule has 1 aromatic rings. The fourth-order valence-electron chi connectivity index (χ4n) is 2.36. The first-order chi connectivity index (χ1) is 8.63. The number of hydrogen-bond donors (Lipinski definition) is 0. The SMILES string of the molecule is Cc1ccc(C)c(C(=O)N(CCBr)C2CCC2)c1. The van der Waals surface area contributed by atoms with Gasteiger partial charge in [-0.25, -0.2) is 0 Å². The first kappa shape index (κ1) is 13.6. The Balaban J connectivity index is 2.23. The Bertz CT molecular complexity index is 440. The van der Waals surface area contributed by atoms with E-state index in [2.05, 4.69) is 22.0 Å². The van der Waals surface area contributed by atoms with Crippen LogP contribution >= 0.6 is 15.9 Å². The minimum atomic E-state index is 0.195. The smallest absolute Gasteiger partial charge is 0.254 e. The summed E-state index contributed by atoms with van der Waals surface area (Å²) >= 11 is 3.45. The van der Waals surface area contributed by atoms with E-state index in [1.165, 1.54) is 6.42 Å². The highest BCUT2D eigenvalue weighted by atomic mass is 79.9. The number of amides is 1. The highest BCUT2D eigenvalue weighted by Crippen LogP contribution is 2.27. The Labute approximate surface area is 117 Å². The van der Waals surface area contributed by atoms with Gasteiger partial charge in [0.25, 0.3) is 5.91 Å². The normalized spacial score (nSPS) is 15.3. The van der Waals surface area contributed by atoms with Crippen LogP contribution in [0.25, 0.3) is 0 Å². The van der Waals surface area contributed by atoms with Crippen LogP contribution in [0.1, 0.15) is 40.7 Å². The van der Waals surface area contributed by atoms with E-state index >= 15 is 0 Å². The molecule has 1 aromatic carbocycles. The van der Waals surface area contributed by atoms with Gasteiger partial charge in [-0.15, -0.1) is 0 Å². The van der Waals surface area contributed by atoms with Gasteiger partial charge in [-0.2, -0.15) is 0 Å². The third kappa shape index (κ3) is 2.77. The van der Waals surface area contributed by atoms with Crippen molar-refractivity contribution >= 4 is 21.8 Å². The molecular weight excluding hydrogens is 290 g/mol. The molecule has 1 fully saturated rings. The van der Waals surface area contributed by atoms with Gasteiger partial charge < -0.3 is 4.90 Å². The predicted molar refractivity (Wildman–Crippen MR) is 78.4 cm³/mol. The van der Waals surface area contributed by atoms with Crippen LogP contribution in [0.4, 0.5) is 0 Å². The highest BCUT2D eigenvalue weighted by Gasteiger charge is 2.29. The summed E-state index contributed by atoms with van der Waals surface area (Å²) in [4.78, 5) is 14.7. The van der Waals surface area contributed by atoms with Crippen molar-refractivity contribution in [1.82, 2.24) is 4.90 Å². The average Bonchev–Trinajstić information content (AvgIpc) is 2.28. The molecule has 1 saturated carbocycles. The van der Waals surface area contributed by atoms with Gasteiger partial charge in [0, 0.05) is 23.5 Å². The topological polar surface area (TPSA) is 20.3 Å². The molecule has 98 valence electrons. The van der Waals surface area contributed by atoms with Crippen LogP contribution in [-0.4, -0.2) is 28.7 Å². The fraction of sp³-hybridized carbons (Fsp3) is 0.533. The van der Waals surface area contributed by atoms with Crippen LogP contribution in [0, 0.1) is 13.8 Å². The van der Waals surface area contributed by atoms with Gasteiger partial charge >= 0.3 is 0 Å². The standard InChI is InChI=1S/C15H20BrNO/c1-11-6-7-12(2)14(10-11)15(18)17(9-8-16)13-4-3-5-13/h6-7,10,13H,3-5,8-9H2,1-2H3. The van der Waals surface area contributed by atoms with Gasteiger partial charge in [0.1, 0.15) is 0 Å². The first-order valence-corrected chi connectivity index (χ1v) is 7.70. The Morgan fingerprint density at radius 2 is 2.11 bits per heavy atom. The van der Waals surface area contributed by atoms with Crippen molar-refractivity contribution in [2.24, 2.45) is 0 Å². The second kappa shape index (κ2) is 5.87. The van der Waals surface area contributed by atoms with E-state index in [-0.39, 0.29) is 5.91 Å². The third-order valence-electron chi connectivity index (χ3n) is 3.73. The monoisotopic (exact) mass is 309 g/mol. The zero-order valence-corrected chi connectivity index (χ0v) is 12.7. The molecule has 0 atom stereocenters. The van der Waals surface area contributed by atoms with E-state index in [1.54, 1.807) is 0 Å². The molecule has 3 heteroatoms. The maximum Gasteiger partial charge on any atom is 0.254 e. The number of aryl methyl sites for hydroxylation is 2. The second-order valence-corrected chi connectivity index (χ2v) is 5.88. The number of carbonyl (C=O) groups excluding carboxylic acids is 1. The Morgan fingerprint density at radius 3 is 2.67 bits per heavy atom. The molecule has 1 amide bonds. The fourth-order valence-corrected chi connectivity index (χ4v) is 2.74. The van der Waals surface area contributed by atoms with Crippen LogP contribution in [0.5, 0.6) is 0 Å². The van der Waals surface area contributed by atoms with Crippen molar-refractivity contribution in [1.29, 1.82) is 0 Å². The van der Waals surface area contributed by atoms with E-state index in [9.17, 15) is 4.79 Å². The van der Waals surface area contributed by atoms with Crippen molar-refractivity contribution in [2.45, 2.75) is 39.2 Å². The largest absolute Gasteiger partial charge is 0.335 e. The maximum atomic E-state index is 12.6. The van der Waals surface area contributed by atoms with Crippen molar-refractivity contribution in [3.63, 3.8) is 0 Å². The molecule has 0 radical (unpaired) electrons. The van der Waals surface area contributed by atoms with Gasteiger partial charge in [-0.05, 0) is 44.7 Å². The Hall–Kier alpha value is -0.830. The summed E-state index contributed by atoms with van der Waals surface area (Å²) in [7, 11) is 0. The summed E-state index contributed by atoms with van der Waals surface area (Å²) in [5, 5.41) is 0.847. The van der Waals surface area contributed by atoms with Crippen molar-refractivity contribution in [3.8, 4) is 0 Å². The summed E-state index contributed by atoms with van der Waals surface area (Å²) < 4.78 is 0. The zero-order valence-electron chi connectivity index (χ0n) is 11.1. The molecular formula is C15H20BrNO. The van der Waals surface area contributed by atoms with E-state index in [4.69, 9.17) is 0 Å². The van der Waals surface area contributed by atoms with Crippen molar-refractivity contribution in [2.75, 3.05) is 11.9 Å². The lowest BCUT2D eigenvalue weighted by molar-refractivity contribution is 0.0598. The quantitative estimate of drug-likeness (QED) is 0.777.